The second-order valence-electron chi connectivity index (χ2n) is 4.57. The smallest absolute Gasteiger partial charge is 0.355 e. The summed E-state index contributed by atoms with van der Waals surface area (Å²) >= 11 is 1.22. The zero-order valence-corrected chi connectivity index (χ0v) is 11.9. The standard InChI is InChI=1S/C12H17N3O4S/c1-7(11-15-9(6-20-11)12(17)18)14-10(16)4-8-5-13-2-3-19-8/h6-8,13H,2-5H2,1H3,(H,14,16)(H,17,18). The minimum absolute atomic E-state index is 0.00547. The van der Waals surface area contributed by atoms with Crippen molar-refractivity contribution in [1.29, 1.82) is 0 Å². The predicted octanol–water partition coefficient (Wildman–Crippen LogP) is 0.397. The van der Waals surface area contributed by atoms with Gasteiger partial charge in [0.25, 0.3) is 0 Å². The van der Waals surface area contributed by atoms with E-state index >= 15 is 0 Å². The van der Waals surface area contributed by atoms with Crippen LogP contribution in [-0.4, -0.2) is 47.8 Å². The largest absolute Gasteiger partial charge is 0.476 e. The Morgan fingerprint density at radius 1 is 1.70 bits per heavy atom. The average molecular weight is 299 g/mol. The maximum absolute atomic E-state index is 11.9. The summed E-state index contributed by atoms with van der Waals surface area (Å²) in [6, 6.07) is -0.308. The first kappa shape index (κ1) is 14.9. The van der Waals surface area contributed by atoms with E-state index in [1.165, 1.54) is 16.7 Å². The molecule has 20 heavy (non-hydrogen) atoms. The van der Waals surface area contributed by atoms with Crippen LogP contribution in [0.15, 0.2) is 5.38 Å². The van der Waals surface area contributed by atoms with Gasteiger partial charge in [0.05, 0.1) is 25.2 Å². The number of hydrogen-bond donors (Lipinski definition) is 3. The molecule has 0 bridgehead atoms. The van der Waals surface area contributed by atoms with E-state index in [0.717, 1.165) is 6.54 Å². The quantitative estimate of drug-likeness (QED) is 0.727. The van der Waals surface area contributed by atoms with Gasteiger partial charge in [-0.3, -0.25) is 4.79 Å². The van der Waals surface area contributed by atoms with Gasteiger partial charge in [0, 0.05) is 18.5 Å². The number of carboxylic acids is 1. The Labute approximate surface area is 120 Å². The van der Waals surface area contributed by atoms with Crippen LogP contribution in [0.2, 0.25) is 0 Å². The van der Waals surface area contributed by atoms with E-state index in [-0.39, 0.29) is 30.2 Å². The van der Waals surface area contributed by atoms with Gasteiger partial charge < -0.3 is 20.5 Å². The monoisotopic (exact) mass is 299 g/mol. The van der Waals surface area contributed by atoms with E-state index in [1.54, 1.807) is 6.92 Å². The van der Waals surface area contributed by atoms with Gasteiger partial charge in [0.15, 0.2) is 5.69 Å². The number of hydrogen-bond acceptors (Lipinski definition) is 6. The lowest BCUT2D eigenvalue weighted by molar-refractivity contribution is -0.125. The SMILES string of the molecule is CC(NC(=O)CC1CNCCO1)c1nc(C(=O)O)cs1. The van der Waals surface area contributed by atoms with Crippen LogP contribution in [0.25, 0.3) is 0 Å². The third-order valence-electron chi connectivity index (χ3n) is 2.91. The topological polar surface area (TPSA) is 101 Å². The molecule has 8 heteroatoms. The highest BCUT2D eigenvalue weighted by Crippen LogP contribution is 2.18. The summed E-state index contributed by atoms with van der Waals surface area (Å²) in [5.41, 5.74) is 0.00547. The second-order valence-corrected chi connectivity index (χ2v) is 5.46. The van der Waals surface area contributed by atoms with Crippen LogP contribution in [-0.2, 0) is 9.53 Å². The van der Waals surface area contributed by atoms with Gasteiger partial charge in [-0.05, 0) is 6.92 Å². The van der Waals surface area contributed by atoms with E-state index < -0.39 is 5.97 Å². The van der Waals surface area contributed by atoms with Crippen LogP contribution in [0.4, 0.5) is 0 Å². The number of carboxylic acid groups (broad SMARTS) is 1. The Balaban J connectivity index is 1.84. The Bertz CT molecular complexity index is 485. The number of nitrogens with one attached hydrogen (secondary N) is 2. The van der Waals surface area contributed by atoms with Crippen molar-refractivity contribution in [2.75, 3.05) is 19.7 Å². The molecular weight excluding hydrogens is 282 g/mol. The van der Waals surface area contributed by atoms with Crippen molar-refractivity contribution >= 4 is 23.2 Å². The van der Waals surface area contributed by atoms with Gasteiger partial charge in [-0.1, -0.05) is 0 Å². The molecule has 0 saturated carbocycles. The molecule has 1 amide bonds. The van der Waals surface area contributed by atoms with Gasteiger partial charge in [-0.2, -0.15) is 0 Å². The van der Waals surface area contributed by atoms with Crippen LogP contribution >= 0.6 is 11.3 Å². The number of rotatable bonds is 5. The lowest BCUT2D eigenvalue weighted by atomic mass is 10.2. The highest BCUT2D eigenvalue weighted by Gasteiger charge is 2.20. The van der Waals surface area contributed by atoms with Crippen LogP contribution in [0.3, 0.4) is 0 Å². The molecule has 0 aromatic carbocycles. The Kier molecular flexibility index (Phi) is 5.05. The molecule has 2 atom stereocenters. The molecule has 3 N–H and O–H groups in total. The summed E-state index contributed by atoms with van der Waals surface area (Å²) < 4.78 is 5.46. The molecular formula is C12H17N3O4S. The molecule has 2 unspecified atom stereocenters. The minimum atomic E-state index is -1.06. The number of aromatic carboxylic acids is 1. The maximum atomic E-state index is 11.9. The van der Waals surface area contributed by atoms with Gasteiger partial charge in [0.2, 0.25) is 5.91 Å². The molecule has 1 aliphatic heterocycles. The van der Waals surface area contributed by atoms with E-state index in [0.29, 0.717) is 18.2 Å². The summed E-state index contributed by atoms with van der Waals surface area (Å²) in [6.07, 6.45) is 0.177. The first-order valence-corrected chi connectivity index (χ1v) is 7.24. The minimum Gasteiger partial charge on any atom is -0.476 e. The Hall–Kier alpha value is -1.51. The van der Waals surface area contributed by atoms with Crippen molar-refractivity contribution in [3.8, 4) is 0 Å². The fraction of sp³-hybridized carbons (Fsp3) is 0.583. The fourth-order valence-electron chi connectivity index (χ4n) is 1.90. The predicted molar refractivity (Wildman–Crippen MR) is 72.9 cm³/mol. The Morgan fingerprint density at radius 3 is 3.10 bits per heavy atom. The molecule has 1 aliphatic rings. The zero-order chi connectivity index (χ0) is 14.5. The molecule has 1 aromatic heterocycles. The summed E-state index contributed by atoms with van der Waals surface area (Å²) in [5, 5.41) is 16.8. The summed E-state index contributed by atoms with van der Waals surface area (Å²) in [7, 11) is 0. The number of thiazole rings is 1. The molecule has 0 radical (unpaired) electrons. The van der Waals surface area contributed by atoms with Crippen molar-refractivity contribution in [2.24, 2.45) is 0 Å². The number of ether oxygens (including phenoxy) is 1. The summed E-state index contributed by atoms with van der Waals surface area (Å²) in [5.74, 6) is -1.19. The zero-order valence-electron chi connectivity index (χ0n) is 11.1. The first-order chi connectivity index (χ1) is 9.56. The third kappa shape index (κ3) is 3.99. The lowest BCUT2D eigenvalue weighted by Gasteiger charge is -2.23. The Morgan fingerprint density at radius 2 is 2.50 bits per heavy atom. The van der Waals surface area contributed by atoms with Gasteiger partial charge in [0.1, 0.15) is 5.01 Å². The molecule has 1 fully saturated rings. The van der Waals surface area contributed by atoms with Crippen LogP contribution in [0.1, 0.15) is 34.9 Å². The normalized spacial score (nSPS) is 20.4. The van der Waals surface area contributed by atoms with Crippen LogP contribution in [0, 0.1) is 0 Å². The van der Waals surface area contributed by atoms with Crippen molar-refractivity contribution in [2.45, 2.75) is 25.5 Å². The molecule has 7 nitrogen and oxygen atoms in total. The third-order valence-corrected chi connectivity index (χ3v) is 3.93. The second kappa shape index (κ2) is 6.78. The summed E-state index contributed by atoms with van der Waals surface area (Å²) in [4.78, 5) is 26.6. The molecule has 1 saturated heterocycles. The highest BCUT2D eigenvalue weighted by atomic mass is 32.1. The molecule has 0 aliphatic carbocycles. The van der Waals surface area contributed by atoms with E-state index in [4.69, 9.17) is 9.84 Å². The number of amides is 1. The van der Waals surface area contributed by atoms with Gasteiger partial charge in [-0.15, -0.1) is 11.3 Å². The van der Waals surface area contributed by atoms with Gasteiger partial charge in [-0.25, -0.2) is 9.78 Å². The van der Waals surface area contributed by atoms with Crippen LogP contribution in [0.5, 0.6) is 0 Å². The van der Waals surface area contributed by atoms with Crippen LogP contribution < -0.4 is 10.6 Å². The number of nitrogens with zero attached hydrogens (tertiary/aromatic N) is 1. The number of aromatic nitrogens is 1. The lowest BCUT2D eigenvalue weighted by Crippen LogP contribution is -2.41. The first-order valence-electron chi connectivity index (χ1n) is 6.36. The molecule has 0 spiro atoms. The number of carbonyl (C=O) groups is 2. The van der Waals surface area contributed by atoms with Gasteiger partial charge >= 0.3 is 5.97 Å². The molecule has 2 heterocycles. The molecule has 2 rings (SSSR count). The highest BCUT2D eigenvalue weighted by molar-refractivity contribution is 7.09. The van der Waals surface area contributed by atoms with E-state index in [1.807, 2.05) is 0 Å². The van der Waals surface area contributed by atoms with Crippen molar-refractivity contribution < 1.29 is 19.4 Å². The van der Waals surface area contributed by atoms with Crippen molar-refractivity contribution in [1.82, 2.24) is 15.6 Å². The van der Waals surface area contributed by atoms with E-state index in [2.05, 4.69) is 15.6 Å². The summed E-state index contributed by atoms with van der Waals surface area (Å²) in [6.45, 7) is 3.87. The molecule has 1 aromatic rings. The van der Waals surface area contributed by atoms with E-state index in [9.17, 15) is 9.59 Å². The number of carbonyl (C=O) groups excluding carboxylic acids is 1. The molecule has 110 valence electrons. The fourth-order valence-corrected chi connectivity index (χ4v) is 2.70. The van der Waals surface area contributed by atoms with Crippen molar-refractivity contribution in [3.05, 3.63) is 16.1 Å². The average Bonchev–Trinajstić information content (AvgIpc) is 2.89. The number of morpholine rings is 1. The van der Waals surface area contributed by atoms with Crippen molar-refractivity contribution in [3.63, 3.8) is 0 Å². The maximum Gasteiger partial charge on any atom is 0.355 e.